The Bertz CT molecular complexity index is 1740. The molecule has 2 bridgehead atoms. The number of nitriles is 1. The van der Waals surface area contributed by atoms with Crippen LogP contribution in [0.2, 0.25) is 0 Å². The van der Waals surface area contributed by atoms with Crippen molar-refractivity contribution in [2.45, 2.75) is 11.3 Å². The molecule has 1 aromatic heterocycles. The van der Waals surface area contributed by atoms with Gasteiger partial charge in [0, 0.05) is 24.5 Å². The summed E-state index contributed by atoms with van der Waals surface area (Å²) in [5.74, 6) is -3.04. The van der Waals surface area contributed by atoms with E-state index in [9.17, 15) is 19.6 Å². The highest BCUT2D eigenvalue weighted by Crippen LogP contribution is 2.63. The third kappa shape index (κ3) is 3.09. The average molecular weight is 524 g/mol. The fraction of sp³-hybridized carbons (Fsp3) is 0.125. The van der Waals surface area contributed by atoms with Crippen LogP contribution in [0.3, 0.4) is 0 Å². The van der Waals surface area contributed by atoms with Gasteiger partial charge in [0.15, 0.2) is 0 Å². The first-order valence-corrected chi connectivity index (χ1v) is 12.9. The highest BCUT2D eigenvalue weighted by molar-refractivity contribution is 6.25. The lowest BCUT2D eigenvalue weighted by Crippen LogP contribution is -2.54. The van der Waals surface area contributed by atoms with Gasteiger partial charge in [0.1, 0.15) is 6.07 Å². The number of anilines is 1. The Morgan fingerprint density at radius 2 is 1.60 bits per heavy atom. The van der Waals surface area contributed by atoms with Gasteiger partial charge in [-0.2, -0.15) is 10.4 Å². The van der Waals surface area contributed by atoms with Crippen LogP contribution in [0.5, 0.6) is 0 Å². The Kier molecular flexibility index (Phi) is 5.22. The van der Waals surface area contributed by atoms with Crippen molar-refractivity contribution in [1.82, 2.24) is 10.4 Å². The zero-order chi connectivity index (χ0) is 27.4. The van der Waals surface area contributed by atoms with E-state index in [1.54, 1.807) is 48.8 Å². The zero-order valence-electron chi connectivity index (χ0n) is 21.1. The van der Waals surface area contributed by atoms with Gasteiger partial charge in [-0.25, -0.2) is 10.3 Å². The summed E-state index contributed by atoms with van der Waals surface area (Å²) < 4.78 is 0. The lowest BCUT2D eigenvalue weighted by atomic mass is 9.47. The fourth-order valence-electron chi connectivity index (χ4n) is 6.80. The van der Waals surface area contributed by atoms with Gasteiger partial charge in [0.25, 0.3) is 5.91 Å². The normalized spacial score (nSPS) is 23.9. The van der Waals surface area contributed by atoms with Crippen LogP contribution in [0.15, 0.2) is 102 Å². The van der Waals surface area contributed by atoms with E-state index in [2.05, 4.69) is 21.6 Å². The van der Waals surface area contributed by atoms with Crippen LogP contribution in [-0.2, 0) is 15.0 Å². The molecule has 2 atom stereocenters. The Balaban J connectivity index is 1.43. The minimum absolute atomic E-state index is 0.247. The van der Waals surface area contributed by atoms with Gasteiger partial charge in [-0.05, 0) is 46.5 Å². The van der Waals surface area contributed by atoms with E-state index in [1.807, 2.05) is 48.5 Å². The molecular weight excluding hydrogens is 502 g/mol. The summed E-state index contributed by atoms with van der Waals surface area (Å²) >= 11 is 0. The molecule has 1 aliphatic heterocycles. The topological polar surface area (TPSA) is 116 Å². The van der Waals surface area contributed by atoms with Crippen molar-refractivity contribution in [3.8, 4) is 6.07 Å². The number of carbonyl (C=O) groups is 3. The first-order chi connectivity index (χ1) is 19.6. The molecule has 8 rings (SSSR count). The number of hydrogen-bond donors (Lipinski definition) is 1. The second kappa shape index (κ2) is 8.82. The summed E-state index contributed by atoms with van der Waals surface area (Å²) in [7, 11) is 0. The second-order valence-electron chi connectivity index (χ2n) is 10.1. The molecule has 8 nitrogen and oxygen atoms in total. The number of imide groups is 1. The van der Waals surface area contributed by atoms with Gasteiger partial charge in [-0.3, -0.25) is 19.4 Å². The fourth-order valence-corrected chi connectivity index (χ4v) is 6.80. The van der Waals surface area contributed by atoms with Crippen LogP contribution in [0.25, 0.3) is 0 Å². The molecule has 4 aliphatic rings. The predicted octanol–water partition coefficient (Wildman–Crippen LogP) is 3.92. The summed E-state index contributed by atoms with van der Waals surface area (Å²) in [6.07, 6.45) is 4.63. The number of benzene rings is 3. The van der Waals surface area contributed by atoms with E-state index < -0.39 is 29.1 Å². The number of amides is 3. The quantitative estimate of drug-likeness (QED) is 0.247. The van der Waals surface area contributed by atoms with Crippen LogP contribution in [0, 0.1) is 23.2 Å². The molecule has 1 N–H and O–H groups in total. The van der Waals surface area contributed by atoms with Gasteiger partial charge in [-0.1, -0.05) is 60.7 Å². The van der Waals surface area contributed by atoms with Crippen molar-refractivity contribution in [3.63, 3.8) is 0 Å². The number of hydrogen-bond acceptors (Lipinski definition) is 6. The number of hydrazone groups is 1. The molecule has 1 saturated heterocycles. The number of para-hydroxylation sites is 1. The molecule has 2 heterocycles. The van der Waals surface area contributed by atoms with E-state index in [1.165, 1.54) is 11.1 Å². The zero-order valence-corrected chi connectivity index (χ0v) is 21.1. The smallest absolute Gasteiger partial charge is 0.272 e. The van der Waals surface area contributed by atoms with Crippen LogP contribution in [0.1, 0.15) is 44.1 Å². The van der Waals surface area contributed by atoms with E-state index in [-0.39, 0.29) is 23.1 Å². The van der Waals surface area contributed by atoms with Crippen LogP contribution >= 0.6 is 0 Å². The van der Waals surface area contributed by atoms with Crippen molar-refractivity contribution < 1.29 is 14.4 Å². The largest absolute Gasteiger partial charge is 0.274 e. The summed E-state index contributed by atoms with van der Waals surface area (Å²) in [5, 5.41) is 14.2. The third-order valence-corrected chi connectivity index (χ3v) is 8.31. The molecule has 192 valence electrons. The maximum absolute atomic E-state index is 14.4. The minimum atomic E-state index is -1.13. The lowest BCUT2D eigenvalue weighted by Gasteiger charge is -2.52. The molecule has 4 aromatic rings. The molecule has 0 unspecified atom stereocenters. The van der Waals surface area contributed by atoms with Crippen molar-refractivity contribution in [2.75, 3.05) is 4.90 Å². The molecule has 0 spiro atoms. The number of rotatable bonds is 4. The Morgan fingerprint density at radius 1 is 0.925 bits per heavy atom. The van der Waals surface area contributed by atoms with Crippen LogP contribution < -0.4 is 10.3 Å². The van der Waals surface area contributed by atoms with E-state index in [4.69, 9.17) is 0 Å². The maximum atomic E-state index is 14.4. The van der Waals surface area contributed by atoms with E-state index >= 15 is 0 Å². The molecule has 8 heteroatoms. The van der Waals surface area contributed by atoms with Crippen molar-refractivity contribution >= 4 is 29.6 Å². The van der Waals surface area contributed by atoms with Gasteiger partial charge in [0.05, 0.1) is 34.1 Å². The number of carbonyl (C=O) groups excluding carboxylic acids is 3. The standard InChI is InChI=1S/C32H21N5O3/c33-16-19-8-1-6-14-25(19)37-30(39)27-26-21-10-2-4-12-23(21)32(28(27)31(37)40,24-13-5-3-11-22(24)26)18-35-36-29(38)20-9-7-15-34-17-20/h1-15,17-18,26-28H,(H,36,38)/b35-18-/t26?,27-,28-,32?/m0/s1. The average Bonchev–Trinajstić information content (AvgIpc) is 3.28. The summed E-state index contributed by atoms with van der Waals surface area (Å²) in [6.45, 7) is 0. The van der Waals surface area contributed by atoms with Gasteiger partial charge >= 0.3 is 0 Å². The monoisotopic (exact) mass is 523 g/mol. The first-order valence-electron chi connectivity index (χ1n) is 12.9. The molecular formula is C32H21N5O3. The summed E-state index contributed by atoms with van der Waals surface area (Å²) in [4.78, 5) is 46.6. The summed E-state index contributed by atoms with van der Waals surface area (Å²) in [5.41, 5.74) is 5.97. The van der Waals surface area contributed by atoms with Gasteiger partial charge in [0.2, 0.25) is 11.8 Å². The molecule has 3 amide bonds. The third-order valence-electron chi connectivity index (χ3n) is 8.31. The second-order valence-corrected chi connectivity index (χ2v) is 10.1. The SMILES string of the molecule is N#Cc1ccccc1N1C(=O)[C@@H]2[C@@H](C1=O)C1c3ccccc3C2(/C=N\NC(=O)c2cccnc2)c2ccccc21. The van der Waals surface area contributed by atoms with Gasteiger partial charge in [-0.15, -0.1) is 0 Å². The predicted molar refractivity (Wildman–Crippen MR) is 146 cm³/mol. The lowest BCUT2D eigenvalue weighted by molar-refractivity contribution is -0.122. The Labute approximate surface area is 229 Å². The van der Waals surface area contributed by atoms with Crippen molar-refractivity contribution in [2.24, 2.45) is 16.9 Å². The molecule has 40 heavy (non-hydrogen) atoms. The van der Waals surface area contributed by atoms with Crippen LogP contribution in [0.4, 0.5) is 5.69 Å². The van der Waals surface area contributed by atoms with E-state index in [0.29, 0.717) is 5.56 Å². The minimum Gasteiger partial charge on any atom is -0.274 e. The van der Waals surface area contributed by atoms with Crippen molar-refractivity contribution in [3.05, 3.63) is 131 Å². The molecule has 1 fully saturated rings. The molecule has 0 saturated carbocycles. The maximum Gasteiger partial charge on any atom is 0.272 e. The molecule has 3 aliphatic carbocycles. The van der Waals surface area contributed by atoms with Crippen LogP contribution in [-0.4, -0.2) is 28.9 Å². The number of nitrogens with one attached hydrogen (secondary N) is 1. The molecule has 0 radical (unpaired) electrons. The number of pyridine rings is 1. The van der Waals surface area contributed by atoms with Crippen molar-refractivity contribution in [1.29, 1.82) is 5.26 Å². The van der Waals surface area contributed by atoms with E-state index in [0.717, 1.165) is 22.3 Å². The highest BCUT2D eigenvalue weighted by Gasteiger charge is 2.68. The Hall–Kier alpha value is -5.42. The number of nitrogens with zero attached hydrogens (tertiary/aromatic N) is 4. The molecule has 3 aromatic carbocycles. The van der Waals surface area contributed by atoms with Gasteiger partial charge < -0.3 is 0 Å². The Morgan fingerprint density at radius 3 is 2.27 bits per heavy atom. The first kappa shape index (κ1) is 23.7. The summed E-state index contributed by atoms with van der Waals surface area (Å²) in [6, 6.07) is 27.6. The highest BCUT2D eigenvalue weighted by atomic mass is 16.2. The number of aromatic nitrogens is 1.